The number of carbonyl (C=O) groups is 1. The molecule has 0 amide bonds. The summed E-state index contributed by atoms with van der Waals surface area (Å²) in [5.41, 5.74) is 4.85. The molecule has 0 spiro atoms. The number of para-hydroxylation sites is 1. The summed E-state index contributed by atoms with van der Waals surface area (Å²) in [5.74, 6) is -1.21. The predicted molar refractivity (Wildman–Crippen MR) is 241 cm³/mol. The number of piperazine rings is 1. The van der Waals surface area contributed by atoms with Crippen LogP contribution < -0.4 is 9.62 Å². The van der Waals surface area contributed by atoms with Gasteiger partial charge in [0.15, 0.2) is 11.6 Å². The average molecular weight is 923 g/mol. The van der Waals surface area contributed by atoms with Crippen LogP contribution in [0, 0.1) is 5.82 Å². The van der Waals surface area contributed by atoms with Crippen molar-refractivity contribution in [3.8, 4) is 28.6 Å². The van der Waals surface area contributed by atoms with E-state index in [1.165, 1.54) is 23.5 Å². The van der Waals surface area contributed by atoms with Crippen molar-refractivity contribution in [2.45, 2.75) is 38.3 Å². The van der Waals surface area contributed by atoms with Gasteiger partial charge in [0.25, 0.3) is 0 Å². The van der Waals surface area contributed by atoms with Crippen LogP contribution in [0.5, 0.6) is 17.2 Å². The minimum atomic E-state index is -1.52. The van der Waals surface area contributed by atoms with E-state index < -0.39 is 23.9 Å². The Morgan fingerprint density at radius 3 is 2.45 bits per heavy atom. The largest absolute Gasteiger partial charge is 0.506 e. The Balaban J connectivity index is 1.13. The van der Waals surface area contributed by atoms with Crippen LogP contribution in [-0.4, -0.2) is 115 Å². The number of halogens is 3. The Bertz CT molecular complexity index is 2760. The van der Waals surface area contributed by atoms with Crippen LogP contribution in [0.1, 0.15) is 33.5 Å². The SMILES string of the molecule is O=C(O)[C@H]1Cc2cc(ccc2OCc2ccnc(-c3ccccc3OO)n2)CN(CCN2CCN(O)CC2)Cc2ccc(c(O)c2Cl)C2=C3C(=NC=NC3C(Cl)=C2c2ccc(F)cc2)O1. The average Bonchev–Trinajstić information content (AvgIpc) is 3.61. The standard InChI is InChI=1S/C47H42Cl2FN7O8/c48-41-29-8-11-34(44(41)58)39-38(28-6-9-31(50)10-7-28)42(49)43-40(39)46(53-26-52-43)64-37(47(59)60)22-30-21-27(23-56(24-29)16-15-55-17-19-57(61)20-18-55)5-12-35(30)63-25-32-13-14-51-45(54-32)33-3-1-2-4-36(33)65-62/h1-14,21,26,37,43,58,61-62H,15-20,22-25H2,(H,59,60)/t37-,43?/m1/s1. The molecule has 4 N–H and O–H groups in total. The molecule has 1 aromatic heterocycles. The highest BCUT2D eigenvalue weighted by Crippen LogP contribution is 2.52. The topological polar surface area (TPSA) is 186 Å². The fourth-order valence-corrected chi connectivity index (χ4v) is 9.03. The smallest absolute Gasteiger partial charge is 0.345 e. The third-order valence-corrected chi connectivity index (χ3v) is 12.6. The van der Waals surface area contributed by atoms with E-state index in [-0.39, 0.29) is 46.0 Å². The number of benzene rings is 4. The summed E-state index contributed by atoms with van der Waals surface area (Å²) >= 11 is 14.3. The van der Waals surface area contributed by atoms with Gasteiger partial charge in [-0.25, -0.2) is 29.4 Å². The van der Waals surface area contributed by atoms with Crippen molar-refractivity contribution in [1.29, 1.82) is 0 Å². The van der Waals surface area contributed by atoms with Crippen molar-refractivity contribution in [1.82, 2.24) is 24.8 Å². The number of nitrogens with zero attached hydrogens (tertiary/aromatic N) is 7. The number of ether oxygens (including phenoxy) is 2. The second-order valence-corrected chi connectivity index (χ2v) is 16.7. The summed E-state index contributed by atoms with van der Waals surface area (Å²) in [6.07, 6.45) is 1.13. The molecule has 1 aliphatic carbocycles. The van der Waals surface area contributed by atoms with Gasteiger partial charge >= 0.3 is 5.97 Å². The molecule has 5 heterocycles. The van der Waals surface area contributed by atoms with Gasteiger partial charge in [-0.3, -0.25) is 14.8 Å². The van der Waals surface area contributed by atoms with E-state index in [0.717, 1.165) is 5.56 Å². The zero-order chi connectivity index (χ0) is 45.2. The summed E-state index contributed by atoms with van der Waals surface area (Å²) in [7, 11) is 0. The lowest BCUT2D eigenvalue weighted by Crippen LogP contribution is -2.47. The number of aliphatic carboxylic acids is 1. The number of phenolic OH excluding ortho intramolecular Hbond substituents is 1. The van der Waals surface area contributed by atoms with Crippen molar-refractivity contribution >= 4 is 52.6 Å². The number of carboxylic acid groups (broad SMARTS) is 1. The summed E-state index contributed by atoms with van der Waals surface area (Å²) < 4.78 is 27.1. The minimum absolute atomic E-state index is 0.0230. The maximum absolute atomic E-state index is 14.3. The number of aliphatic imine (C=N–C) groups is 2. The van der Waals surface area contributed by atoms with Crippen molar-refractivity contribution in [2.75, 3.05) is 39.3 Å². The van der Waals surface area contributed by atoms with Crippen LogP contribution in [0.2, 0.25) is 5.02 Å². The van der Waals surface area contributed by atoms with E-state index in [1.54, 1.807) is 60.8 Å². The van der Waals surface area contributed by atoms with Crippen LogP contribution in [0.15, 0.2) is 112 Å². The number of aromatic nitrogens is 2. The van der Waals surface area contributed by atoms with Gasteiger partial charge in [0.2, 0.25) is 12.0 Å². The number of rotatable bonds is 10. The predicted octanol–water partition coefficient (Wildman–Crippen LogP) is 7.33. The van der Waals surface area contributed by atoms with Crippen molar-refractivity contribution in [3.63, 3.8) is 0 Å². The Labute approximate surface area is 382 Å². The molecule has 2 atom stereocenters. The van der Waals surface area contributed by atoms with Gasteiger partial charge < -0.3 is 29.8 Å². The molecule has 15 nitrogen and oxygen atoms in total. The Kier molecular flexibility index (Phi) is 12.9. The first kappa shape index (κ1) is 44.0. The molecule has 1 unspecified atom stereocenters. The lowest BCUT2D eigenvalue weighted by Gasteiger charge is -2.33. The summed E-state index contributed by atoms with van der Waals surface area (Å²) in [4.78, 5) is 40.3. The second-order valence-electron chi connectivity index (χ2n) is 15.9. The Morgan fingerprint density at radius 1 is 0.877 bits per heavy atom. The van der Waals surface area contributed by atoms with Crippen molar-refractivity contribution in [3.05, 3.63) is 146 Å². The van der Waals surface area contributed by atoms with E-state index in [2.05, 4.69) is 34.6 Å². The number of hydrogen-bond donors (Lipinski definition) is 4. The highest BCUT2D eigenvalue weighted by Gasteiger charge is 2.41. The monoisotopic (exact) mass is 921 g/mol. The molecule has 10 rings (SSSR count). The summed E-state index contributed by atoms with van der Waals surface area (Å²) in [6, 6.07) is 22.4. The lowest BCUT2D eigenvalue weighted by molar-refractivity contribution is -0.145. The van der Waals surface area contributed by atoms with Gasteiger partial charge in [-0.05, 0) is 58.7 Å². The van der Waals surface area contributed by atoms with Crippen molar-refractivity contribution < 1.29 is 44.2 Å². The normalized spacial score (nSPS) is 19.2. The number of hydroxylamine groups is 2. The van der Waals surface area contributed by atoms with E-state index in [0.29, 0.717) is 109 Å². The molecule has 334 valence electrons. The van der Waals surface area contributed by atoms with E-state index >= 15 is 0 Å². The number of hydrogen-bond acceptors (Lipinski definition) is 14. The molecule has 5 aliphatic rings. The number of fused-ring (bicyclic) bond motifs is 6. The zero-order valence-corrected chi connectivity index (χ0v) is 36.2. The molecular formula is C47H42Cl2FN7O8. The minimum Gasteiger partial charge on any atom is -0.506 e. The highest BCUT2D eigenvalue weighted by atomic mass is 35.5. The Morgan fingerprint density at radius 2 is 1.66 bits per heavy atom. The van der Waals surface area contributed by atoms with Crippen LogP contribution in [0.25, 0.3) is 22.5 Å². The molecule has 4 aromatic carbocycles. The molecule has 18 heteroatoms. The summed E-state index contributed by atoms with van der Waals surface area (Å²) in [6.45, 7) is 4.38. The maximum atomic E-state index is 14.3. The number of carboxylic acids is 1. The number of aromatic hydroxyl groups is 1. The molecule has 65 heavy (non-hydrogen) atoms. The second kappa shape index (κ2) is 19.1. The molecule has 4 aliphatic heterocycles. The van der Waals surface area contributed by atoms with Gasteiger partial charge in [0.1, 0.15) is 36.3 Å². The van der Waals surface area contributed by atoms with Gasteiger partial charge in [0, 0.05) is 81.7 Å². The quantitative estimate of drug-likeness (QED) is 0.0807. The lowest BCUT2D eigenvalue weighted by atomic mass is 9.90. The first-order chi connectivity index (χ1) is 31.5. The third-order valence-electron chi connectivity index (χ3n) is 11.7. The molecule has 5 aromatic rings. The van der Waals surface area contributed by atoms with Crippen LogP contribution in [-0.2, 0) is 35.6 Å². The molecule has 1 saturated heterocycles. The first-order valence-corrected chi connectivity index (χ1v) is 21.6. The first-order valence-electron chi connectivity index (χ1n) is 20.8. The Hall–Kier alpha value is -6.24. The zero-order valence-electron chi connectivity index (χ0n) is 34.6. The third kappa shape index (κ3) is 9.33. The van der Waals surface area contributed by atoms with Gasteiger partial charge in [-0.1, -0.05) is 71.7 Å². The van der Waals surface area contributed by atoms with Crippen LogP contribution in [0.4, 0.5) is 4.39 Å². The fraction of sp³-hybridized carbons (Fsp3) is 0.255. The molecule has 1 fully saturated rings. The van der Waals surface area contributed by atoms with Gasteiger partial charge in [0.05, 0.1) is 26.9 Å². The van der Waals surface area contributed by atoms with Crippen LogP contribution in [0.3, 0.4) is 0 Å². The number of phenols is 1. The van der Waals surface area contributed by atoms with Crippen molar-refractivity contribution in [2.24, 2.45) is 9.98 Å². The fourth-order valence-electron chi connectivity index (χ4n) is 8.43. The summed E-state index contributed by atoms with van der Waals surface area (Å²) in [5, 5.41) is 43.9. The van der Waals surface area contributed by atoms with Gasteiger partial charge in [-0.15, -0.1) is 0 Å². The molecule has 4 bridgehead atoms. The van der Waals surface area contributed by atoms with Crippen LogP contribution >= 0.6 is 23.2 Å². The maximum Gasteiger partial charge on any atom is 0.345 e. The van der Waals surface area contributed by atoms with E-state index in [1.807, 2.05) is 18.2 Å². The molecule has 0 radical (unpaired) electrons. The van der Waals surface area contributed by atoms with Gasteiger partial charge in [-0.2, -0.15) is 5.06 Å². The van der Waals surface area contributed by atoms with E-state index in [9.17, 15) is 29.9 Å². The molecule has 0 saturated carbocycles. The number of allylic oxidation sites excluding steroid dienone is 2. The van der Waals surface area contributed by atoms with E-state index in [4.69, 9.17) is 32.7 Å². The highest BCUT2D eigenvalue weighted by molar-refractivity contribution is 6.41. The molecular weight excluding hydrogens is 880 g/mol.